The molecule has 0 aliphatic heterocycles. The Bertz CT molecular complexity index is 513. The van der Waals surface area contributed by atoms with Gasteiger partial charge in [-0.1, -0.05) is 0 Å². The lowest BCUT2D eigenvalue weighted by Gasteiger charge is -2.02. The van der Waals surface area contributed by atoms with Crippen LogP contribution in [0.3, 0.4) is 0 Å². The molecule has 8 nitrogen and oxygen atoms in total. The molecule has 1 N–H and O–H groups in total. The zero-order valence-corrected chi connectivity index (χ0v) is 10.5. The average molecular weight is 272 g/mol. The zero-order chi connectivity index (χ0) is 14.6. The zero-order valence-electron chi connectivity index (χ0n) is 10.5. The number of aliphatic hydroxyl groups is 1. The van der Waals surface area contributed by atoms with Gasteiger partial charge in [0, 0.05) is 0 Å². The molecule has 0 fully saturated rings. The van der Waals surface area contributed by atoms with E-state index in [1.807, 2.05) is 0 Å². The summed E-state index contributed by atoms with van der Waals surface area (Å²) >= 11 is 0. The van der Waals surface area contributed by atoms with E-state index >= 15 is 0 Å². The molecule has 0 unspecified atom stereocenters. The van der Waals surface area contributed by atoms with Crippen LogP contribution in [0.5, 0.6) is 0 Å². The number of hydrogen-bond acceptors (Lipinski definition) is 8. The van der Waals surface area contributed by atoms with Gasteiger partial charge in [-0.05, 0) is 0 Å². The number of aliphatic hydroxyl groups excluding tert-OH is 1. The summed E-state index contributed by atoms with van der Waals surface area (Å²) < 4.78 is 18.3. The largest absolute Gasteiger partial charge is 0.465 e. The number of ether oxygens (including phenoxy) is 3. The fourth-order valence-electron chi connectivity index (χ4n) is 1.44. The monoisotopic (exact) mass is 272 g/mol. The maximum absolute atomic E-state index is 11.6. The standard InChI is InChI=1S/C11H12O8/c1-16-9(13)6-5(4-12)19-8(11(15)18-3)7(6)10(14)17-2/h12H,4H2,1-3H3. The summed E-state index contributed by atoms with van der Waals surface area (Å²) in [5.74, 6) is -3.72. The van der Waals surface area contributed by atoms with Gasteiger partial charge in [0.15, 0.2) is 0 Å². The number of methoxy groups -OCH3 is 3. The van der Waals surface area contributed by atoms with Crippen LogP contribution in [0.25, 0.3) is 0 Å². The number of carbonyl (C=O) groups is 3. The normalized spacial score (nSPS) is 9.89. The van der Waals surface area contributed by atoms with Gasteiger partial charge in [0.25, 0.3) is 0 Å². The third-order valence-electron chi connectivity index (χ3n) is 2.27. The van der Waals surface area contributed by atoms with Gasteiger partial charge in [-0.15, -0.1) is 0 Å². The molecule has 1 heterocycles. The lowest BCUT2D eigenvalue weighted by atomic mass is 10.1. The Morgan fingerprint density at radius 3 is 1.84 bits per heavy atom. The predicted molar refractivity (Wildman–Crippen MR) is 58.6 cm³/mol. The molecular weight excluding hydrogens is 260 g/mol. The quantitative estimate of drug-likeness (QED) is 0.608. The van der Waals surface area contributed by atoms with E-state index in [2.05, 4.69) is 14.2 Å². The van der Waals surface area contributed by atoms with Crippen molar-refractivity contribution in [3.8, 4) is 0 Å². The molecule has 0 aliphatic carbocycles. The van der Waals surface area contributed by atoms with E-state index in [0.29, 0.717) is 0 Å². The van der Waals surface area contributed by atoms with Crippen LogP contribution in [-0.2, 0) is 20.8 Å². The van der Waals surface area contributed by atoms with Crippen LogP contribution >= 0.6 is 0 Å². The van der Waals surface area contributed by atoms with Crippen molar-refractivity contribution in [1.29, 1.82) is 0 Å². The number of esters is 3. The van der Waals surface area contributed by atoms with E-state index in [0.717, 1.165) is 21.3 Å². The highest BCUT2D eigenvalue weighted by Crippen LogP contribution is 2.25. The first-order chi connectivity index (χ1) is 9.01. The third-order valence-corrected chi connectivity index (χ3v) is 2.27. The van der Waals surface area contributed by atoms with Crippen LogP contribution in [0.2, 0.25) is 0 Å². The van der Waals surface area contributed by atoms with Gasteiger partial charge in [-0.3, -0.25) is 0 Å². The van der Waals surface area contributed by atoms with Gasteiger partial charge in [-0.2, -0.15) is 0 Å². The second kappa shape index (κ2) is 6.01. The maximum atomic E-state index is 11.6. The van der Waals surface area contributed by atoms with Crippen molar-refractivity contribution in [3.05, 3.63) is 22.6 Å². The van der Waals surface area contributed by atoms with Crippen LogP contribution in [-0.4, -0.2) is 44.3 Å². The van der Waals surface area contributed by atoms with Crippen molar-refractivity contribution < 1.29 is 38.1 Å². The van der Waals surface area contributed by atoms with Crippen LogP contribution < -0.4 is 0 Å². The molecule has 0 bridgehead atoms. The van der Waals surface area contributed by atoms with Crippen LogP contribution in [0.15, 0.2) is 4.42 Å². The van der Waals surface area contributed by atoms with Crippen molar-refractivity contribution in [2.24, 2.45) is 0 Å². The smallest absolute Gasteiger partial charge is 0.374 e. The molecule has 104 valence electrons. The highest BCUT2D eigenvalue weighted by Gasteiger charge is 2.34. The Hall–Kier alpha value is -2.35. The predicted octanol–water partition coefficient (Wildman–Crippen LogP) is 0.132. The molecule has 0 saturated heterocycles. The second-order valence-corrected chi connectivity index (χ2v) is 3.24. The first-order valence-electron chi connectivity index (χ1n) is 5.03. The van der Waals surface area contributed by atoms with E-state index in [1.165, 1.54) is 0 Å². The number of hydrogen-bond donors (Lipinski definition) is 1. The highest BCUT2D eigenvalue weighted by molar-refractivity contribution is 6.10. The fraction of sp³-hybridized carbons (Fsp3) is 0.364. The lowest BCUT2D eigenvalue weighted by Crippen LogP contribution is -2.15. The van der Waals surface area contributed by atoms with Crippen LogP contribution in [0.4, 0.5) is 0 Å². The van der Waals surface area contributed by atoms with Gasteiger partial charge in [-0.25, -0.2) is 14.4 Å². The Kier molecular flexibility index (Phi) is 4.65. The molecule has 0 amide bonds. The summed E-state index contributed by atoms with van der Waals surface area (Å²) in [5.41, 5.74) is -0.803. The topological polar surface area (TPSA) is 112 Å². The van der Waals surface area contributed by atoms with Crippen molar-refractivity contribution >= 4 is 17.9 Å². The average Bonchev–Trinajstić information content (AvgIpc) is 2.83. The van der Waals surface area contributed by atoms with E-state index in [-0.39, 0.29) is 11.3 Å². The Morgan fingerprint density at radius 1 is 0.947 bits per heavy atom. The summed E-state index contributed by atoms with van der Waals surface area (Å²) in [6, 6.07) is 0. The molecule has 0 radical (unpaired) electrons. The number of carbonyl (C=O) groups excluding carboxylic acids is 3. The first kappa shape index (κ1) is 14.7. The van der Waals surface area contributed by atoms with Crippen molar-refractivity contribution in [1.82, 2.24) is 0 Å². The van der Waals surface area contributed by atoms with E-state index in [4.69, 9.17) is 9.52 Å². The second-order valence-electron chi connectivity index (χ2n) is 3.24. The highest BCUT2D eigenvalue weighted by atomic mass is 16.5. The summed E-state index contributed by atoms with van der Waals surface area (Å²) in [7, 11) is 3.22. The number of furan rings is 1. The van der Waals surface area contributed by atoms with Gasteiger partial charge in [0.2, 0.25) is 5.76 Å². The molecular formula is C11H12O8. The molecule has 0 aliphatic rings. The van der Waals surface area contributed by atoms with Gasteiger partial charge in [0.05, 0.1) is 21.3 Å². The lowest BCUT2D eigenvalue weighted by molar-refractivity contribution is 0.0522. The van der Waals surface area contributed by atoms with Crippen molar-refractivity contribution in [2.75, 3.05) is 21.3 Å². The van der Waals surface area contributed by atoms with Crippen LogP contribution in [0, 0.1) is 0 Å². The fourth-order valence-corrected chi connectivity index (χ4v) is 1.44. The summed E-state index contributed by atoms with van der Waals surface area (Å²) in [4.78, 5) is 34.7. The maximum Gasteiger partial charge on any atom is 0.374 e. The minimum Gasteiger partial charge on any atom is -0.465 e. The van der Waals surface area contributed by atoms with Crippen molar-refractivity contribution in [3.63, 3.8) is 0 Å². The summed E-state index contributed by atoms with van der Waals surface area (Å²) in [5, 5.41) is 9.10. The van der Waals surface area contributed by atoms with E-state index < -0.39 is 35.8 Å². The Balaban J connectivity index is 3.58. The molecule has 0 atom stereocenters. The Morgan fingerprint density at radius 2 is 1.42 bits per heavy atom. The Labute approximate surface area is 107 Å². The van der Waals surface area contributed by atoms with E-state index in [1.54, 1.807) is 0 Å². The minimum atomic E-state index is -0.982. The van der Waals surface area contributed by atoms with Gasteiger partial charge in [0.1, 0.15) is 23.5 Å². The minimum absolute atomic E-state index is 0.285. The van der Waals surface area contributed by atoms with Gasteiger partial charge < -0.3 is 23.7 Å². The molecule has 1 aromatic heterocycles. The molecule has 8 heteroatoms. The molecule has 0 saturated carbocycles. The molecule has 1 aromatic rings. The van der Waals surface area contributed by atoms with Crippen LogP contribution in [0.1, 0.15) is 37.0 Å². The van der Waals surface area contributed by atoms with Crippen molar-refractivity contribution in [2.45, 2.75) is 6.61 Å². The van der Waals surface area contributed by atoms with Gasteiger partial charge >= 0.3 is 17.9 Å². The van der Waals surface area contributed by atoms with E-state index in [9.17, 15) is 14.4 Å². The number of rotatable bonds is 4. The molecule has 0 spiro atoms. The first-order valence-corrected chi connectivity index (χ1v) is 5.03. The molecule has 1 rings (SSSR count). The third kappa shape index (κ3) is 2.58. The SMILES string of the molecule is COC(=O)c1oc(CO)c(C(=O)OC)c1C(=O)OC. The molecule has 19 heavy (non-hydrogen) atoms. The molecule has 0 aromatic carbocycles. The summed E-state index contributed by atoms with van der Waals surface area (Å²) in [6.45, 7) is -0.703. The summed E-state index contributed by atoms with van der Waals surface area (Å²) in [6.07, 6.45) is 0.